The number of nitrogens with one attached hydrogen (secondary N) is 1. The van der Waals surface area contributed by atoms with E-state index in [1.165, 1.54) is 0 Å². The normalized spacial score (nSPS) is 8.00. The molecule has 0 aliphatic heterocycles. The van der Waals surface area contributed by atoms with Crippen LogP contribution in [0.25, 0.3) is 5.73 Å². The van der Waals surface area contributed by atoms with Gasteiger partial charge in [-0.25, -0.2) is 0 Å². The van der Waals surface area contributed by atoms with Crippen molar-refractivity contribution < 1.29 is 34.4 Å². The van der Waals surface area contributed by atoms with E-state index in [0.29, 0.717) is 11.8 Å². The molecule has 0 heterocycles. The minimum atomic E-state index is 0. The molecule has 0 amide bonds. The minimum Gasteiger partial charge on any atom is -0.698 e. The van der Waals surface area contributed by atoms with Crippen LogP contribution in [0.1, 0.15) is 10.4 Å². The first kappa shape index (κ1) is 9.69. The van der Waals surface area contributed by atoms with Crippen LogP contribution in [0.15, 0.2) is 24.3 Å². The third-order valence-electron chi connectivity index (χ3n) is 1.09. The Morgan fingerprint density at radius 1 is 1.30 bits per heavy atom. The van der Waals surface area contributed by atoms with Crippen molar-refractivity contribution in [3.63, 3.8) is 0 Å². The summed E-state index contributed by atoms with van der Waals surface area (Å²) in [5.41, 5.74) is 7.87. The molecule has 3 heteroatoms. The molecule has 0 aliphatic rings. The van der Waals surface area contributed by atoms with Crippen molar-refractivity contribution in [3.8, 4) is 0 Å². The summed E-state index contributed by atoms with van der Waals surface area (Å²) in [6, 6.07) is 6.68. The van der Waals surface area contributed by atoms with Crippen molar-refractivity contribution in [1.29, 1.82) is 0 Å². The Hall–Kier alpha value is -0.310. The third kappa shape index (κ3) is 2.14. The van der Waals surface area contributed by atoms with E-state index in [9.17, 15) is 4.79 Å². The minimum absolute atomic E-state index is 0. The van der Waals surface area contributed by atoms with Crippen LogP contribution >= 0.6 is 0 Å². The van der Waals surface area contributed by atoms with Crippen molar-refractivity contribution in [2.45, 2.75) is 0 Å². The zero-order chi connectivity index (χ0) is 6.69. The Morgan fingerprint density at radius 3 is 2.30 bits per heavy atom. The number of hydrogen-bond donors (Lipinski definition) is 0. The van der Waals surface area contributed by atoms with Gasteiger partial charge >= 0.3 is 29.6 Å². The van der Waals surface area contributed by atoms with E-state index in [-0.39, 0.29) is 35.2 Å². The van der Waals surface area contributed by atoms with Crippen LogP contribution in [-0.4, -0.2) is 6.29 Å². The van der Waals surface area contributed by atoms with Crippen molar-refractivity contribution in [2.24, 2.45) is 0 Å². The fourth-order valence-electron chi connectivity index (χ4n) is 0.600. The van der Waals surface area contributed by atoms with E-state index in [1.807, 2.05) is 0 Å². The van der Waals surface area contributed by atoms with E-state index < -0.39 is 0 Å². The quantitative estimate of drug-likeness (QED) is 0.374. The van der Waals surface area contributed by atoms with Gasteiger partial charge in [-0.2, -0.15) is 0 Å². The maximum absolute atomic E-state index is 10.1. The molecule has 0 radical (unpaired) electrons. The maximum atomic E-state index is 10.1. The van der Waals surface area contributed by atoms with Crippen molar-refractivity contribution in [2.75, 3.05) is 0 Å². The Balaban J connectivity index is 0.000000810. The average molecular weight is 143 g/mol. The van der Waals surface area contributed by atoms with Crippen molar-refractivity contribution in [3.05, 3.63) is 35.6 Å². The molecule has 0 aromatic heterocycles. The Morgan fingerprint density at radius 2 is 1.90 bits per heavy atom. The molecule has 46 valence electrons. The monoisotopic (exact) mass is 143 g/mol. The molecule has 0 saturated heterocycles. The van der Waals surface area contributed by atoms with Crippen molar-refractivity contribution in [1.82, 2.24) is 0 Å². The van der Waals surface area contributed by atoms with Crippen LogP contribution in [-0.2, 0) is 0 Å². The number of aldehydes is 1. The number of benzene rings is 1. The first-order chi connectivity index (χ1) is 4.34. The molecular formula is C7H6NNaO. The Kier molecular flexibility index (Phi) is 4.36. The number of rotatable bonds is 1. The maximum Gasteiger partial charge on any atom is 1.00 e. The van der Waals surface area contributed by atoms with Gasteiger partial charge in [-0.15, -0.1) is 5.69 Å². The summed E-state index contributed by atoms with van der Waals surface area (Å²) in [6.45, 7) is 0. The molecule has 1 N–H and O–H groups in total. The predicted octanol–water partition coefficient (Wildman–Crippen LogP) is -0.813. The zero-order valence-electron chi connectivity index (χ0n) is 5.79. The Bertz CT molecular complexity index is 225. The molecule has 0 aliphatic carbocycles. The predicted molar refractivity (Wildman–Crippen MR) is 35.8 cm³/mol. The van der Waals surface area contributed by atoms with E-state index in [2.05, 4.69) is 0 Å². The molecule has 1 aromatic rings. The van der Waals surface area contributed by atoms with Crippen LogP contribution in [0.4, 0.5) is 5.69 Å². The smallest absolute Gasteiger partial charge is 0.698 e. The average Bonchev–Trinajstić information content (AvgIpc) is 1.89. The van der Waals surface area contributed by atoms with Gasteiger partial charge in [0.25, 0.3) is 0 Å². The fourth-order valence-corrected chi connectivity index (χ4v) is 0.600. The summed E-state index contributed by atoms with van der Waals surface area (Å²) in [5, 5.41) is 0. The zero-order valence-corrected chi connectivity index (χ0v) is 7.79. The molecule has 0 fully saturated rings. The van der Waals surface area contributed by atoms with Gasteiger partial charge in [0.1, 0.15) is 6.29 Å². The van der Waals surface area contributed by atoms with Crippen LogP contribution in [0.5, 0.6) is 0 Å². The standard InChI is InChI=1S/C7H7NO.Na/c8-7-4-2-1-3-6(7)5-9;/h1-5H,(H2,8,9);/q;+1/p-1. The molecule has 2 nitrogen and oxygen atoms in total. The molecule has 1 rings (SSSR count). The van der Waals surface area contributed by atoms with Gasteiger partial charge in [-0.1, -0.05) is 24.3 Å². The van der Waals surface area contributed by atoms with Gasteiger partial charge in [0, 0.05) is 0 Å². The second-order valence-electron chi connectivity index (χ2n) is 1.71. The third-order valence-corrected chi connectivity index (χ3v) is 1.09. The molecule has 0 saturated carbocycles. The summed E-state index contributed by atoms with van der Waals surface area (Å²) in [5.74, 6) is 0. The first-order valence-electron chi connectivity index (χ1n) is 2.60. The molecule has 0 bridgehead atoms. The molecule has 10 heavy (non-hydrogen) atoms. The summed E-state index contributed by atoms with van der Waals surface area (Å²) in [4.78, 5) is 10.1. The Labute approximate surface area is 81.7 Å². The molecule has 0 atom stereocenters. The summed E-state index contributed by atoms with van der Waals surface area (Å²) in [7, 11) is 0. The van der Waals surface area contributed by atoms with Gasteiger partial charge in [0.15, 0.2) is 0 Å². The molecule has 1 aromatic carbocycles. The molecule has 0 unspecified atom stereocenters. The van der Waals surface area contributed by atoms with Crippen LogP contribution < -0.4 is 29.6 Å². The summed E-state index contributed by atoms with van der Waals surface area (Å²) in [6.07, 6.45) is 0.683. The molecule has 0 spiro atoms. The van der Waals surface area contributed by atoms with Crippen molar-refractivity contribution >= 4 is 12.0 Å². The van der Waals surface area contributed by atoms with Gasteiger partial charge in [0.2, 0.25) is 0 Å². The number of hydrogen-bond acceptors (Lipinski definition) is 1. The van der Waals surface area contributed by atoms with Gasteiger partial charge in [-0.05, 0) is 5.56 Å². The van der Waals surface area contributed by atoms with E-state index >= 15 is 0 Å². The van der Waals surface area contributed by atoms with Crippen LogP contribution in [0.2, 0.25) is 0 Å². The summed E-state index contributed by atoms with van der Waals surface area (Å²) < 4.78 is 0. The topological polar surface area (TPSA) is 40.9 Å². The number of carbonyl (C=O) groups is 1. The van der Waals surface area contributed by atoms with Gasteiger partial charge in [0.05, 0.1) is 0 Å². The van der Waals surface area contributed by atoms with E-state index in [1.54, 1.807) is 24.3 Å². The number of carbonyl (C=O) groups excluding carboxylic acids is 1. The van der Waals surface area contributed by atoms with E-state index in [0.717, 1.165) is 0 Å². The largest absolute Gasteiger partial charge is 1.00 e. The van der Waals surface area contributed by atoms with Gasteiger partial charge in [-0.3, -0.25) is 4.79 Å². The summed E-state index contributed by atoms with van der Waals surface area (Å²) >= 11 is 0. The second-order valence-corrected chi connectivity index (χ2v) is 1.71. The fraction of sp³-hybridized carbons (Fsp3) is 0. The SMILES string of the molecule is [NH-]c1ccccc1C=O.[Na+]. The van der Waals surface area contributed by atoms with Crippen LogP contribution in [0, 0.1) is 0 Å². The van der Waals surface area contributed by atoms with Gasteiger partial charge < -0.3 is 5.73 Å². The van der Waals surface area contributed by atoms with E-state index in [4.69, 9.17) is 5.73 Å². The van der Waals surface area contributed by atoms with Crippen LogP contribution in [0.3, 0.4) is 0 Å². The second kappa shape index (κ2) is 4.50. The molecular weight excluding hydrogens is 137 g/mol. The first-order valence-corrected chi connectivity index (χ1v) is 2.60.